The van der Waals surface area contributed by atoms with Gasteiger partial charge in [-0.1, -0.05) is 16.8 Å². The number of methoxy groups -OCH3 is 2. The van der Waals surface area contributed by atoms with Gasteiger partial charge in [-0.15, -0.1) is 11.3 Å². The molecule has 0 saturated carbocycles. The van der Waals surface area contributed by atoms with Crippen molar-refractivity contribution in [1.82, 2.24) is 10.1 Å². The van der Waals surface area contributed by atoms with Gasteiger partial charge in [-0.2, -0.15) is 4.98 Å². The summed E-state index contributed by atoms with van der Waals surface area (Å²) in [7, 11) is -0.985. The molecule has 0 spiro atoms. The van der Waals surface area contributed by atoms with Gasteiger partial charge in [-0.25, -0.2) is 8.42 Å². The molecule has 0 aliphatic carbocycles. The van der Waals surface area contributed by atoms with Crippen LogP contribution in [0.25, 0.3) is 11.4 Å². The highest BCUT2D eigenvalue weighted by Gasteiger charge is 2.21. The lowest BCUT2D eigenvalue weighted by molar-refractivity contribution is 0.394. The Kier molecular flexibility index (Phi) is 5.08. The number of hydrogen-bond acceptors (Lipinski definition) is 8. The minimum Gasteiger partial charge on any atom is -0.495 e. The number of hydrogen-bond donors (Lipinski definition) is 1. The van der Waals surface area contributed by atoms with Crippen LogP contribution < -0.4 is 14.2 Å². The van der Waals surface area contributed by atoms with Crippen LogP contribution in [0.2, 0.25) is 5.02 Å². The SMILES string of the molecule is COc1cc(OC)c(NS(=O)(=O)c2cc(-c3noc(C)n3)cs2)cc1Cl. The number of ether oxygens (including phenoxy) is 2. The number of rotatable bonds is 6. The molecule has 2 heterocycles. The number of nitrogens with one attached hydrogen (secondary N) is 1. The summed E-state index contributed by atoms with van der Waals surface area (Å²) in [5, 5.41) is 5.66. The summed E-state index contributed by atoms with van der Waals surface area (Å²) in [6.07, 6.45) is 0. The number of nitrogens with zero attached hydrogens (tertiary/aromatic N) is 2. The standard InChI is InChI=1S/C15H14ClN3O5S2/c1-8-17-15(18-24-8)9-4-14(25-7-9)26(20,21)19-11-5-10(16)12(22-2)6-13(11)23-3/h4-7,19H,1-3H3. The van der Waals surface area contributed by atoms with E-state index in [-0.39, 0.29) is 20.7 Å². The highest BCUT2D eigenvalue weighted by molar-refractivity contribution is 7.94. The fourth-order valence-electron chi connectivity index (χ4n) is 2.13. The minimum absolute atomic E-state index is 0.0870. The van der Waals surface area contributed by atoms with E-state index in [1.165, 1.54) is 32.4 Å². The van der Waals surface area contributed by atoms with Crippen molar-refractivity contribution in [3.8, 4) is 22.9 Å². The van der Waals surface area contributed by atoms with Crippen molar-refractivity contribution in [3.05, 3.63) is 34.5 Å². The first-order valence-electron chi connectivity index (χ1n) is 7.17. The largest absolute Gasteiger partial charge is 0.495 e. The molecule has 0 bridgehead atoms. The average molecular weight is 416 g/mol. The molecule has 138 valence electrons. The zero-order chi connectivity index (χ0) is 18.9. The van der Waals surface area contributed by atoms with E-state index in [2.05, 4.69) is 14.9 Å². The summed E-state index contributed by atoms with van der Waals surface area (Å²) in [6.45, 7) is 1.65. The zero-order valence-corrected chi connectivity index (χ0v) is 16.3. The number of halogens is 1. The fourth-order valence-corrected chi connectivity index (χ4v) is 4.59. The predicted molar refractivity (Wildman–Crippen MR) is 97.7 cm³/mol. The number of anilines is 1. The minimum atomic E-state index is -3.86. The Hall–Kier alpha value is -2.30. The summed E-state index contributed by atoms with van der Waals surface area (Å²) >= 11 is 7.11. The smallest absolute Gasteiger partial charge is 0.271 e. The molecule has 0 aliphatic rings. The van der Waals surface area contributed by atoms with E-state index in [9.17, 15) is 8.42 Å². The van der Waals surface area contributed by atoms with Crippen molar-refractivity contribution in [1.29, 1.82) is 0 Å². The number of benzene rings is 1. The van der Waals surface area contributed by atoms with Crippen LogP contribution in [0.4, 0.5) is 5.69 Å². The normalized spacial score (nSPS) is 11.4. The van der Waals surface area contributed by atoms with E-state index in [0.717, 1.165) is 11.3 Å². The summed E-state index contributed by atoms with van der Waals surface area (Å²) in [4.78, 5) is 4.08. The van der Waals surface area contributed by atoms with Gasteiger partial charge in [-0.05, 0) is 12.1 Å². The van der Waals surface area contributed by atoms with E-state index in [1.54, 1.807) is 12.3 Å². The monoisotopic (exact) mass is 415 g/mol. The Morgan fingerprint density at radius 2 is 1.92 bits per heavy atom. The molecule has 8 nitrogen and oxygen atoms in total. The summed E-state index contributed by atoms with van der Waals surface area (Å²) < 4.78 is 43.2. The third-order valence-electron chi connectivity index (χ3n) is 3.34. The Morgan fingerprint density at radius 3 is 2.54 bits per heavy atom. The van der Waals surface area contributed by atoms with Crippen molar-refractivity contribution in [3.63, 3.8) is 0 Å². The highest BCUT2D eigenvalue weighted by Crippen LogP contribution is 2.37. The van der Waals surface area contributed by atoms with Crippen molar-refractivity contribution in [2.75, 3.05) is 18.9 Å². The van der Waals surface area contributed by atoms with Crippen LogP contribution in [-0.4, -0.2) is 32.8 Å². The molecule has 0 aliphatic heterocycles. The second-order valence-corrected chi connectivity index (χ2v) is 8.31. The quantitative estimate of drug-likeness (QED) is 0.656. The average Bonchev–Trinajstić information content (AvgIpc) is 3.24. The predicted octanol–water partition coefficient (Wildman–Crippen LogP) is 3.58. The maximum absolute atomic E-state index is 12.7. The number of aryl methyl sites for hydroxylation is 1. The van der Waals surface area contributed by atoms with Crippen LogP contribution in [0.5, 0.6) is 11.5 Å². The van der Waals surface area contributed by atoms with Gasteiger partial charge in [0.05, 0.1) is 24.9 Å². The maximum Gasteiger partial charge on any atom is 0.271 e. The Morgan fingerprint density at radius 1 is 1.19 bits per heavy atom. The first-order valence-corrected chi connectivity index (χ1v) is 9.91. The van der Waals surface area contributed by atoms with E-state index in [4.69, 9.17) is 25.6 Å². The lowest BCUT2D eigenvalue weighted by Gasteiger charge is -2.13. The maximum atomic E-state index is 12.7. The lowest BCUT2D eigenvalue weighted by atomic mass is 10.3. The molecule has 3 rings (SSSR count). The fraction of sp³-hybridized carbons (Fsp3) is 0.200. The molecule has 11 heteroatoms. The highest BCUT2D eigenvalue weighted by atomic mass is 35.5. The first kappa shape index (κ1) is 18.5. The van der Waals surface area contributed by atoms with Crippen LogP contribution in [0.15, 0.2) is 32.3 Å². The summed E-state index contributed by atoms with van der Waals surface area (Å²) in [5.41, 5.74) is 0.746. The third kappa shape index (κ3) is 3.62. The van der Waals surface area contributed by atoms with Gasteiger partial charge in [0.15, 0.2) is 0 Å². The number of aromatic nitrogens is 2. The molecule has 0 saturated heterocycles. The molecule has 1 N–H and O–H groups in total. The molecule has 26 heavy (non-hydrogen) atoms. The molecule has 0 amide bonds. The summed E-state index contributed by atoms with van der Waals surface area (Å²) in [5.74, 6) is 1.37. The van der Waals surface area contributed by atoms with Gasteiger partial charge in [0.2, 0.25) is 11.7 Å². The van der Waals surface area contributed by atoms with Crippen LogP contribution in [0.3, 0.4) is 0 Å². The molecule has 0 fully saturated rings. The topological polar surface area (TPSA) is 104 Å². The van der Waals surface area contributed by atoms with Crippen LogP contribution in [0.1, 0.15) is 5.89 Å². The molecular formula is C15H14ClN3O5S2. The zero-order valence-electron chi connectivity index (χ0n) is 13.9. The molecule has 0 radical (unpaired) electrons. The molecular weight excluding hydrogens is 402 g/mol. The molecule has 2 aromatic heterocycles. The second-order valence-electron chi connectivity index (χ2n) is 5.08. The van der Waals surface area contributed by atoms with Gasteiger partial charge in [0, 0.05) is 23.9 Å². The van der Waals surface area contributed by atoms with Gasteiger partial charge in [0.25, 0.3) is 10.0 Å². The number of sulfonamides is 1. The van der Waals surface area contributed by atoms with Crippen molar-refractivity contribution in [2.45, 2.75) is 11.1 Å². The lowest BCUT2D eigenvalue weighted by Crippen LogP contribution is -2.12. The van der Waals surface area contributed by atoms with Crippen molar-refractivity contribution >= 4 is 38.6 Å². The van der Waals surface area contributed by atoms with Gasteiger partial charge in [-0.3, -0.25) is 4.72 Å². The molecule has 1 aromatic carbocycles. The van der Waals surface area contributed by atoms with Crippen molar-refractivity contribution < 1.29 is 22.4 Å². The summed E-state index contributed by atoms with van der Waals surface area (Å²) in [6, 6.07) is 4.39. The molecule has 0 unspecified atom stereocenters. The molecule has 3 aromatic rings. The Labute approximate surface area is 158 Å². The first-order chi connectivity index (χ1) is 12.3. The second kappa shape index (κ2) is 7.14. The van der Waals surface area contributed by atoms with Gasteiger partial charge >= 0.3 is 0 Å². The van der Waals surface area contributed by atoms with Crippen LogP contribution in [0, 0.1) is 6.92 Å². The Balaban J connectivity index is 1.92. The van der Waals surface area contributed by atoms with Crippen LogP contribution in [-0.2, 0) is 10.0 Å². The van der Waals surface area contributed by atoms with Gasteiger partial charge in [0.1, 0.15) is 15.7 Å². The third-order valence-corrected chi connectivity index (χ3v) is 6.44. The van der Waals surface area contributed by atoms with E-state index >= 15 is 0 Å². The Bertz CT molecular complexity index is 1050. The molecule has 0 atom stereocenters. The van der Waals surface area contributed by atoms with Crippen LogP contribution >= 0.6 is 22.9 Å². The van der Waals surface area contributed by atoms with E-state index in [1.807, 2.05) is 0 Å². The van der Waals surface area contributed by atoms with Crippen molar-refractivity contribution in [2.24, 2.45) is 0 Å². The van der Waals surface area contributed by atoms with E-state index < -0.39 is 10.0 Å². The van der Waals surface area contributed by atoms with E-state index in [0.29, 0.717) is 23.0 Å². The number of thiophene rings is 1. The van der Waals surface area contributed by atoms with Gasteiger partial charge < -0.3 is 14.0 Å².